The molecule has 0 rings (SSSR count). The molecule has 0 saturated carbocycles. The van der Waals surface area contributed by atoms with Crippen LogP contribution in [-0.2, 0) is 4.74 Å². The van der Waals surface area contributed by atoms with Gasteiger partial charge in [0.15, 0.2) is 0 Å². The zero-order valence-electron chi connectivity index (χ0n) is 5.29. The van der Waals surface area contributed by atoms with Gasteiger partial charge in [-0.3, -0.25) is 0 Å². The Hall–Kier alpha value is 0.920. The third kappa shape index (κ3) is 28.4. The lowest BCUT2D eigenvalue weighted by Crippen LogP contribution is -1.84. The highest BCUT2D eigenvalue weighted by Crippen LogP contribution is 1.83. The maximum atomic E-state index is 4.83. The fourth-order valence-electron chi connectivity index (χ4n) is 0.204. The smallest absolute Gasteiger partial charge is 0.0588 e. The molecule has 0 radical (unpaired) electrons. The highest BCUT2D eigenvalue weighted by atomic mass is 79.9. The maximum absolute atomic E-state index is 4.83. The SMILES string of the molecule is BrCBr.CCOCC. The third-order valence-corrected chi connectivity index (χ3v) is 0.408. The molecule has 0 heterocycles. The molecule has 0 fully saturated rings. The summed E-state index contributed by atoms with van der Waals surface area (Å²) in [6, 6.07) is 0. The van der Waals surface area contributed by atoms with Gasteiger partial charge in [0.25, 0.3) is 0 Å². The molecule has 0 bridgehead atoms. The van der Waals surface area contributed by atoms with E-state index in [9.17, 15) is 0 Å². The summed E-state index contributed by atoms with van der Waals surface area (Å²) in [6.45, 7) is 5.67. The van der Waals surface area contributed by atoms with Crippen molar-refractivity contribution in [1.29, 1.82) is 0 Å². The molecule has 0 aliphatic heterocycles. The van der Waals surface area contributed by atoms with Crippen molar-refractivity contribution in [2.24, 2.45) is 0 Å². The first-order chi connectivity index (χ1) is 3.83. The molecule has 0 aromatic carbocycles. The van der Waals surface area contributed by atoms with Gasteiger partial charge < -0.3 is 4.74 Å². The summed E-state index contributed by atoms with van der Waals surface area (Å²) in [4.78, 5) is 0. The van der Waals surface area contributed by atoms with Gasteiger partial charge in [-0.25, -0.2) is 0 Å². The zero-order valence-corrected chi connectivity index (χ0v) is 8.46. The van der Waals surface area contributed by atoms with E-state index in [1.807, 2.05) is 13.8 Å². The average Bonchev–Trinajstić information content (AvgIpc) is 1.71. The first-order valence-electron chi connectivity index (χ1n) is 2.53. The minimum Gasteiger partial charge on any atom is -0.382 e. The van der Waals surface area contributed by atoms with E-state index in [0.717, 1.165) is 17.5 Å². The monoisotopic (exact) mass is 246 g/mol. The molecule has 3 heteroatoms. The number of rotatable bonds is 2. The van der Waals surface area contributed by atoms with Crippen molar-refractivity contribution in [2.45, 2.75) is 13.8 Å². The van der Waals surface area contributed by atoms with Crippen molar-refractivity contribution in [1.82, 2.24) is 0 Å². The van der Waals surface area contributed by atoms with Crippen molar-refractivity contribution in [3.05, 3.63) is 0 Å². The second-order valence-electron chi connectivity index (χ2n) is 0.882. The van der Waals surface area contributed by atoms with Crippen LogP contribution in [0.5, 0.6) is 0 Å². The summed E-state index contributed by atoms with van der Waals surface area (Å²) in [7, 11) is 0. The van der Waals surface area contributed by atoms with Gasteiger partial charge in [-0.05, 0) is 13.8 Å². The van der Waals surface area contributed by atoms with Crippen LogP contribution in [0.4, 0.5) is 0 Å². The molecule has 0 amide bonds. The van der Waals surface area contributed by atoms with E-state index < -0.39 is 0 Å². The van der Waals surface area contributed by atoms with Crippen molar-refractivity contribution >= 4 is 31.9 Å². The molecule has 0 spiro atoms. The van der Waals surface area contributed by atoms with E-state index >= 15 is 0 Å². The van der Waals surface area contributed by atoms with Crippen LogP contribution in [0.15, 0.2) is 0 Å². The summed E-state index contributed by atoms with van der Waals surface area (Å²) in [5.41, 5.74) is 0. The molecular weight excluding hydrogens is 236 g/mol. The average molecular weight is 248 g/mol. The molecule has 0 aliphatic rings. The number of ether oxygens (including phenoxy) is 1. The van der Waals surface area contributed by atoms with Gasteiger partial charge in [0.1, 0.15) is 0 Å². The summed E-state index contributed by atoms with van der Waals surface area (Å²) < 4.78 is 5.71. The Morgan fingerprint density at radius 3 is 1.38 bits per heavy atom. The minimum atomic E-state index is 0.844. The van der Waals surface area contributed by atoms with E-state index in [1.54, 1.807) is 0 Å². The van der Waals surface area contributed by atoms with Crippen LogP contribution in [0.3, 0.4) is 0 Å². The lowest BCUT2D eigenvalue weighted by atomic mass is 10.8. The summed E-state index contributed by atoms with van der Waals surface area (Å²) in [6.07, 6.45) is 0. The lowest BCUT2D eigenvalue weighted by molar-refractivity contribution is 0.162. The fraction of sp³-hybridized carbons (Fsp3) is 1.00. The standard InChI is InChI=1S/C4H10O.CH2Br2/c1-3-5-4-2;2-1-3/h3-4H2,1-2H3;1H2. The maximum Gasteiger partial charge on any atom is 0.0588 e. The van der Waals surface area contributed by atoms with Crippen molar-refractivity contribution in [3.63, 3.8) is 0 Å². The number of hydrogen-bond acceptors (Lipinski definition) is 1. The van der Waals surface area contributed by atoms with Crippen molar-refractivity contribution in [3.8, 4) is 0 Å². The van der Waals surface area contributed by atoms with Gasteiger partial charge in [0, 0.05) is 13.2 Å². The zero-order chi connectivity index (χ0) is 6.83. The van der Waals surface area contributed by atoms with Crippen LogP contribution in [0, 0.1) is 0 Å². The van der Waals surface area contributed by atoms with Gasteiger partial charge in [0.05, 0.1) is 4.24 Å². The van der Waals surface area contributed by atoms with E-state index in [-0.39, 0.29) is 0 Å². The lowest BCUT2D eigenvalue weighted by Gasteiger charge is -1.86. The molecular formula is C5H12Br2O. The van der Waals surface area contributed by atoms with Crippen molar-refractivity contribution in [2.75, 3.05) is 17.5 Å². The molecule has 0 saturated heterocycles. The quantitative estimate of drug-likeness (QED) is 0.682. The van der Waals surface area contributed by atoms with Crippen LogP contribution in [0.1, 0.15) is 13.8 Å². The fourth-order valence-corrected chi connectivity index (χ4v) is 0.204. The van der Waals surface area contributed by atoms with Crippen molar-refractivity contribution < 1.29 is 4.74 Å². The molecule has 1 nitrogen and oxygen atoms in total. The third-order valence-electron chi connectivity index (χ3n) is 0.408. The van der Waals surface area contributed by atoms with Gasteiger partial charge in [-0.2, -0.15) is 0 Å². The normalized spacial score (nSPS) is 7.50. The minimum absolute atomic E-state index is 0.844. The molecule has 0 aromatic rings. The number of halogens is 2. The van der Waals surface area contributed by atoms with E-state index in [4.69, 9.17) is 4.74 Å². The van der Waals surface area contributed by atoms with Gasteiger partial charge >= 0.3 is 0 Å². The predicted octanol–water partition coefficient (Wildman–Crippen LogP) is 2.78. The van der Waals surface area contributed by atoms with Gasteiger partial charge in [-0.15, -0.1) is 0 Å². The largest absolute Gasteiger partial charge is 0.382 e. The Morgan fingerprint density at radius 1 is 1.12 bits per heavy atom. The Labute approximate surface area is 68.1 Å². The number of hydrogen-bond donors (Lipinski definition) is 0. The molecule has 0 aliphatic carbocycles. The summed E-state index contributed by atoms with van der Waals surface area (Å²) in [5.74, 6) is 0. The molecule has 0 unspecified atom stereocenters. The van der Waals surface area contributed by atoms with Crippen LogP contribution >= 0.6 is 31.9 Å². The highest BCUT2D eigenvalue weighted by Gasteiger charge is 1.64. The van der Waals surface area contributed by atoms with Gasteiger partial charge in [-0.1, -0.05) is 31.9 Å². The molecule has 8 heavy (non-hydrogen) atoms. The Balaban J connectivity index is 0. The van der Waals surface area contributed by atoms with E-state index in [0.29, 0.717) is 0 Å². The van der Waals surface area contributed by atoms with E-state index in [1.165, 1.54) is 0 Å². The Bertz CT molecular complexity index is 24.4. The Kier molecular flexibility index (Phi) is 22.9. The molecule has 0 aromatic heterocycles. The predicted molar refractivity (Wildman–Crippen MR) is 44.9 cm³/mol. The van der Waals surface area contributed by atoms with Crippen LogP contribution in [0.25, 0.3) is 0 Å². The summed E-state index contributed by atoms with van der Waals surface area (Å²) in [5, 5.41) is 0. The molecule has 52 valence electrons. The van der Waals surface area contributed by atoms with E-state index in [2.05, 4.69) is 31.9 Å². The first-order valence-corrected chi connectivity index (χ1v) is 4.77. The van der Waals surface area contributed by atoms with Gasteiger partial charge in [0.2, 0.25) is 0 Å². The van der Waals surface area contributed by atoms with Crippen LogP contribution in [-0.4, -0.2) is 17.5 Å². The first kappa shape index (κ1) is 11.7. The number of alkyl halides is 2. The van der Waals surface area contributed by atoms with Crippen LogP contribution < -0.4 is 0 Å². The second kappa shape index (κ2) is 15.7. The molecule has 0 atom stereocenters. The summed E-state index contributed by atoms with van der Waals surface area (Å²) >= 11 is 6.12. The highest BCUT2D eigenvalue weighted by molar-refractivity contribution is 9.24. The second-order valence-corrected chi connectivity index (χ2v) is 3.51. The molecule has 0 N–H and O–H groups in total. The van der Waals surface area contributed by atoms with Crippen LogP contribution in [0.2, 0.25) is 0 Å². The Morgan fingerprint density at radius 2 is 1.38 bits per heavy atom. The topological polar surface area (TPSA) is 9.23 Å².